The predicted molar refractivity (Wildman–Crippen MR) is 55.4 cm³/mol. The molecule has 0 aliphatic heterocycles. The number of hydrogen-bond donors (Lipinski definition) is 1. The van der Waals surface area contributed by atoms with Crippen LogP contribution in [0.3, 0.4) is 0 Å². The van der Waals surface area contributed by atoms with E-state index in [4.69, 9.17) is 14.9 Å². The lowest BCUT2D eigenvalue weighted by atomic mass is 10.1. The molecule has 0 spiro atoms. The van der Waals surface area contributed by atoms with Crippen molar-refractivity contribution in [2.45, 2.75) is 6.92 Å². The summed E-state index contributed by atoms with van der Waals surface area (Å²) in [6, 6.07) is 5.75. The molecule has 0 atom stereocenters. The molecule has 0 amide bonds. The minimum Gasteiger partial charge on any atom is -0.496 e. The van der Waals surface area contributed by atoms with Gasteiger partial charge in [0.1, 0.15) is 5.75 Å². The van der Waals surface area contributed by atoms with Crippen molar-refractivity contribution in [1.82, 2.24) is 10.2 Å². The molecule has 5 heteroatoms. The topological polar surface area (TPSA) is 74.2 Å². The van der Waals surface area contributed by atoms with Crippen LogP contribution in [0.25, 0.3) is 11.5 Å². The summed E-state index contributed by atoms with van der Waals surface area (Å²) < 4.78 is 10.3. The standard InChI is InChI=1S/C10H11N3O2/c1-6-3-4-7(8(5-6)14-2)9-12-13-10(11)15-9/h3-5H,1-2H3,(H2,11,13). The molecule has 0 aliphatic carbocycles. The molecule has 0 aliphatic rings. The van der Waals surface area contributed by atoms with E-state index in [-0.39, 0.29) is 6.01 Å². The summed E-state index contributed by atoms with van der Waals surface area (Å²) in [4.78, 5) is 0. The van der Waals surface area contributed by atoms with Gasteiger partial charge in [0.2, 0.25) is 0 Å². The van der Waals surface area contributed by atoms with E-state index < -0.39 is 0 Å². The molecule has 0 unspecified atom stereocenters. The monoisotopic (exact) mass is 205 g/mol. The van der Waals surface area contributed by atoms with Crippen molar-refractivity contribution in [3.05, 3.63) is 23.8 Å². The van der Waals surface area contributed by atoms with Gasteiger partial charge in [0.15, 0.2) is 0 Å². The number of ether oxygens (including phenoxy) is 1. The van der Waals surface area contributed by atoms with Crippen LogP contribution in [0.5, 0.6) is 5.75 Å². The minimum absolute atomic E-state index is 0.0487. The number of hydrogen-bond acceptors (Lipinski definition) is 5. The number of nitrogen functional groups attached to an aromatic ring is 1. The largest absolute Gasteiger partial charge is 0.496 e. The summed E-state index contributed by atoms with van der Waals surface area (Å²) in [5, 5.41) is 7.40. The maximum absolute atomic E-state index is 5.36. The molecule has 2 N–H and O–H groups in total. The number of nitrogens with two attached hydrogens (primary N) is 1. The Hall–Kier alpha value is -2.04. The predicted octanol–water partition coefficient (Wildman–Crippen LogP) is 1.64. The molecule has 0 radical (unpaired) electrons. The van der Waals surface area contributed by atoms with E-state index in [9.17, 15) is 0 Å². The molecular weight excluding hydrogens is 194 g/mol. The van der Waals surface area contributed by atoms with Gasteiger partial charge in [-0.25, -0.2) is 0 Å². The number of anilines is 1. The van der Waals surface area contributed by atoms with Gasteiger partial charge in [-0.2, -0.15) is 0 Å². The second-order valence-electron chi connectivity index (χ2n) is 3.15. The van der Waals surface area contributed by atoms with Gasteiger partial charge in [-0.1, -0.05) is 11.2 Å². The first-order valence-electron chi connectivity index (χ1n) is 4.44. The third-order valence-electron chi connectivity index (χ3n) is 2.03. The van der Waals surface area contributed by atoms with Crippen molar-refractivity contribution >= 4 is 6.01 Å². The van der Waals surface area contributed by atoms with Gasteiger partial charge in [0.25, 0.3) is 5.89 Å². The van der Waals surface area contributed by atoms with Crippen molar-refractivity contribution in [3.8, 4) is 17.2 Å². The normalized spacial score (nSPS) is 10.3. The van der Waals surface area contributed by atoms with Crippen LogP contribution in [0, 0.1) is 6.92 Å². The molecule has 15 heavy (non-hydrogen) atoms. The third kappa shape index (κ3) is 1.76. The number of rotatable bonds is 2. The average molecular weight is 205 g/mol. The van der Waals surface area contributed by atoms with Gasteiger partial charge in [-0.3, -0.25) is 0 Å². The summed E-state index contributed by atoms with van der Waals surface area (Å²) in [7, 11) is 1.60. The summed E-state index contributed by atoms with van der Waals surface area (Å²) in [6.45, 7) is 1.98. The fourth-order valence-corrected chi connectivity index (χ4v) is 1.32. The Labute approximate surface area is 86.9 Å². The van der Waals surface area contributed by atoms with Crippen LogP contribution < -0.4 is 10.5 Å². The van der Waals surface area contributed by atoms with Crippen LogP contribution in [0.4, 0.5) is 6.01 Å². The first-order valence-corrected chi connectivity index (χ1v) is 4.44. The van der Waals surface area contributed by atoms with E-state index >= 15 is 0 Å². The Morgan fingerprint density at radius 2 is 2.13 bits per heavy atom. The maximum atomic E-state index is 5.36. The van der Waals surface area contributed by atoms with Gasteiger partial charge in [-0.15, -0.1) is 5.10 Å². The van der Waals surface area contributed by atoms with Gasteiger partial charge in [-0.05, 0) is 24.6 Å². The van der Waals surface area contributed by atoms with Crippen molar-refractivity contribution in [2.75, 3.05) is 12.8 Å². The number of benzene rings is 1. The molecule has 1 aromatic carbocycles. The third-order valence-corrected chi connectivity index (χ3v) is 2.03. The molecule has 2 aromatic rings. The fourth-order valence-electron chi connectivity index (χ4n) is 1.32. The van der Waals surface area contributed by atoms with E-state index in [0.29, 0.717) is 11.6 Å². The van der Waals surface area contributed by atoms with E-state index in [1.807, 2.05) is 25.1 Å². The zero-order valence-electron chi connectivity index (χ0n) is 8.52. The van der Waals surface area contributed by atoms with Crippen LogP contribution in [-0.2, 0) is 0 Å². The number of nitrogens with zero attached hydrogens (tertiary/aromatic N) is 2. The van der Waals surface area contributed by atoms with Crippen LogP contribution in [-0.4, -0.2) is 17.3 Å². The molecule has 0 saturated heterocycles. The molecule has 0 fully saturated rings. The van der Waals surface area contributed by atoms with E-state index in [1.165, 1.54) is 0 Å². The molecule has 2 rings (SSSR count). The first kappa shape index (κ1) is 9.51. The second kappa shape index (κ2) is 3.61. The van der Waals surface area contributed by atoms with Gasteiger partial charge >= 0.3 is 6.01 Å². The summed E-state index contributed by atoms with van der Waals surface area (Å²) in [6.07, 6.45) is 0. The quantitative estimate of drug-likeness (QED) is 0.806. The number of methoxy groups -OCH3 is 1. The molecule has 1 aromatic heterocycles. The molecule has 0 saturated carbocycles. The summed E-state index contributed by atoms with van der Waals surface area (Å²) in [5.41, 5.74) is 7.20. The van der Waals surface area contributed by atoms with Crippen molar-refractivity contribution in [3.63, 3.8) is 0 Å². The molecule has 5 nitrogen and oxygen atoms in total. The first-order chi connectivity index (χ1) is 7.20. The highest BCUT2D eigenvalue weighted by molar-refractivity contribution is 5.63. The van der Waals surface area contributed by atoms with E-state index in [0.717, 1.165) is 11.1 Å². The van der Waals surface area contributed by atoms with Crippen molar-refractivity contribution < 1.29 is 9.15 Å². The lowest BCUT2D eigenvalue weighted by Gasteiger charge is -2.05. The van der Waals surface area contributed by atoms with Crippen molar-refractivity contribution in [1.29, 1.82) is 0 Å². The Bertz CT molecular complexity index is 479. The smallest absolute Gasteiger partial charge is 0.313 e. The van der Waals surface area contributed by atoms with Crippen LogP contribution in [0.1, 0.15) is 5.56 Å². The number of aromatic nitrogens is 2. The van der Waals surface area contributed by atoms with Gasteiger partial charge in [0.05, 0.1) is 12.7 Å². The second-order valence-corrected chi connectivity index (χ2v) is 3.15. The van der Waals surface area contributed by atoms with E-state index in [2.05, 4.69) is 10.2 Å². The molecule has 0 bridgehead atoms. The summed E-state index contributed by atoms with van der Waals surface area (Å²) >= 11 is 0. The lowest BCUT2D eigenvalue weighted by molar-refractivity contribution is 0.414. The van der Waals surface area contributed by atoms with Crippen LogP contribution >= 0.6 is 0 Å². The highest BCUT2D eigenvalue weighted by Gasteiger charge is 2.11. The Kier molecular flexibility index (Phi) is 2.29. The Balaban J connectivity index is 2.52. The molecular formula is C10H11N3O2. The SMILES string of the molecule is COc1cc(C)ccc1-c1nnc(N)o1. The fraction of sp³-hybridized carbons (Fsp3) is 0.200. The highest BCUT2D eigenvalue weighted by atomic mass is 16.5. The minimum atomic E-state index is 0.0487. The molecule has 78 valence electrons. The Morgan fingerprint density at radius 3 is 2.73 bits per heavy atom. The van der Waals surface area contributed by atoms with Crippen LogP contribution in [0.15, 0.2) is 22.6 Å². The summed E-state index contributed by atoms with van der Waals surface area (Å²) in [5.74, 6) is 1.06. The van der Waals surface area contributed by atoms with Crippen molar-refractivity contribution in [2.24, 2.45) is 0 Å². The zero-order chi connectivity index (χ0) is 10.8. The van der Waals surface area contributed by atoms with E-state index in [1.54, 1.807) is 7.11 Å². The number of aryl methyl sites for hydroxylation is 1. The lowest BCUT2D eigenvalue weighted by Crippen LogP contribution is -1.89. The Morgan fingerprint density at radius 1 is 1.33 bits per heavy atom. The zero-order valence-corrected chi connectivity index (χ0v) is 8.52. The maximum Gasteiger partial charge on any atom is 0.313 e. The van der Waals surface area contributed by atoms with Gasteiger partial charge in [0, 0.05) is 0 Å². The van der Waals surface area contributed by atoms with Gasteiger partial charge < -0.3 is 14.9 Å². The molecule has 1 heterocycles. The highest BCUT2D eigenvalue weighted by Crippen LogP contribution is 2.29. The van der Waals surface area contributed by atoms with Crippen LogP contribution in [0.2, 0.25) is 0 Å². The average Bonchev–Trinajstić information content (AvgIpc) is 2.64.